The van der Waals surface area contributed by atoms with Gasteiger partial charge in [0.25, 0.3) is 0 Å². The number of rotatable bonds is 3. The van der Waals surface area contributed by atoms with E-state index in [0.717, 1.165) is 10.9 Å². The quantitative estimate of drug-likeness (QED) is 0.723. The molecule has 0 aliphatic heterocycles. The summed E-state index contributed by atoms with van der Waals surface area (Å²) in [5.74, 6) is 1.12. The van der Waals surface area contributed by atoms with Gasteiger partial charge in [0.05, 0.1) is 0 Å². The van der Waals surface area contributed by atoms with Crippen molar-refractivity contribution < 1.29 is 4.74 Å². The Morgan fingerprint density at radius 3 is 2.94 bits per heavy atom. The molecule has 6 heteroatoms. The molecule has 90 valence electrons. The summed E-state index contributed by atoms with van der Waals surface area (Å²) in [5, 5.41) is 7.06. The van der Waals surface area contributed by atoms with Crippen molar-refractivity contribution in [1.29, 1.82) is 0 Å². The normalized spacial score (nSPS) is 10.7. The first-order chi connectivity index (χ1) is 8.83. The first kappa shape index (κ1) is 10.5. The van der Waals surface area contributed by atoms with Crippen molar-refractivity contribution in [3.63, 3.8) is 0 Å². The van der Waals surface area contributed by atoms with Gasteiger partial charge in [-0.25, -0.2) is 9.89 Å². The van der Waals surface area contributed by atoms with E-state index in [9.17, 15) is 4.79 Å². The van der Waals surface area contributed by atoms with Gasteiger partial charge >= 0.3 is 5.69 Å². The Bertz CT molecular complexity index is 727. The number of hydrogen-bond acceptors (Lipinski definition) is 4. The lowest BCUT2D eigenvalue weighted by Crippen LogP contribution is -2.03. The molecule has 2 aromatic heterocycles. The molecule has 0 amide bonds. The summed E-state index contributed by atoms with van der Waals surface area (Å²) < 4.78 is 5.60. The van der Waals surface area contributed by atoms with E-state index < -0.39 is 0 Å². The summed E-state index contributed by atoms with van der Waals surface area (Å²) >= 11 is 0. The summed E-state index contributed by atoms with van der Waals surface area (Å²) in [6, 6.07) is 9.53. The average molecular weight is 242 g/mol. The van der Waals surface area contributed by atoms with Crippen molar-refractivity contribution in [2.75, 3.05) is 0 Å². The van der Waals surface area contributed by atoms with Gasteiger partial charge in [0.15, 0.2) is 5.82 Å². The number of aromatic amines is 2. The van der Waals surface area contributed by atoms with Crippen LogP contribution in [0.1, 0.15) is 5.82 Å². The van der Waals surface area contributed by atoms with Crippen LogP contribution in [0.3, 0.4) is 0 Å². The second-order valence-electron chi connectivity index (χ2n) is 3.74. The summed E-state index contributed by atoms with van der Waals surface area (Å²) in [6.45, 7) is 0.189. The maximum absolute atomic E-state index is 10.9. The van der Waals surface area contributed by atoms with E-state index in [1.165, 1.54) is 0 Å². The zero-order chi connectivity index (χ0) is 12.4. The molecule has 2 N–H and O–H groups in total. The molecule has 0 saturated carbocycles. The predicted octanol–water partition coefficient (Wildman–Crippen LogP) is 1.23. The Labute approximate surface area is 102 Å². The third kappa shape index (κ3) is 1.95. The molecule has 3 aromatic rings. The summed E-state index contributed by atoms with van der Waals surface area (Å²) in [4.78, 5) is 17.7. The first-order valence-electron chi connectivity index (χ1n) is 5.43. The minimum absolute atomic E-state index is 0.189. The van der Waals surface area contributed by atoms with E-state index in [1.54, 1.807) is 6.20 Å². The van der Waals surface area contributed by atoms with Crippen molar-refractivity contribution in [3.05, 3.63) is 52.8 Å². The number of ether oxygens (including phenoxy) is 1. The van der Waals surface area contributed by atoms with E-state index in [1.807, 2.05) is 30.3 Å². The molecular formula is C12H10N4O2. The number of nitrogens with zero attached hydrogens (tertiary/aromatic N) is 2. The lowest BCUT2D eigenvalue weighted by atomic mass is 10.2. The molecule has 0 bridgehead atoms. The highest BCUT2D eigenvalue weighted by Crippen LogP contribution is 2.23. The lowest BCUT2D eigenvalue weighted by molar-refractivity contribution is 0.299. The second-order valence-corrected chi connectivity index (χ2v) is 3.74. The number of hydrogen-bond donors (Lipinski definition) is 2. The molecule has 18 heavy (non-hydrogen) atoms. The number of benzene rings is 1. The van der Waals surface area contributed by atoms with Crippen LogP contribution in [0.2, 0.25) is 0 Å². The van der Waals surface area contributed by atoms with Gasteiger partial charge in [-0.1, -0.05) is 18.2 Å². The molecular weight excluding hydrogens is 232 g/mol. The first-order valence-corrected chi connectivity index (χ1v) is 5.43. The summed E-state index contributed by atoms with van der Waals surface area (Å²) in [5.41, 5.74) is 0.447. The number of H-pyrrole nitrogens is 2. The Morgan fingerprint density at radius 1 is 1.22 bits per heavy atom. The Hall–Kier alpha value is -2.63. The largest absolute Gasteiger partial charge is 0.483 e. The Kier molecular flexibility index (Phi) is 2.53. The number of fused-ring (bicyclic) bond motifs is 1. The van der Waals surface area contributed by atoms with Crippen LogP contribution in [0.25, 0.3) is 10.9 Å². The molecule has 3 rings (SSSR count). The zero-order valence-corrected chi connectivity index (χ0v) is 9.38. The molecule has 2 heterocycles. The molecule has 0 aliphatic carbocycles. The Balaban J connectivity index is 1.88. The van der Waals surface area contributed by atoms with Crippen LogP contribution in [0.15, 0.2) is 41.3 Å². The van der Waals surface area contributed by atoms with Crippen molar-refractivity contribution >= 4 is 10.9 Å². The second kappa shape index (κ2) is 4.33. The van der Waals surface area contributed by atoms with Crippen LogP contribution in [-0.4, -0.2) is 20.2 Å². The zero-order valence-electron chi connectivity index (χ0n) is 9.38. The van der Waals surface area contributed by atoms with Gasteiger partial charge in [0.2, 0.25) is 0 Å². The van der Waals surface area contributed by atoms with Crippen LogP contribution >= 0.6 is 0 Å². The smallest absolute Gasteiger partial charge is 0.340 e. The third-order valence-electron chi connectivity index (χ3n) is 2.51. The van der Waals surface area contributed by atoms with Crippen molar-refractivity contribution in [2.45, 2.75) is 6.61 Å². The van der Waals surface area contributed by atoms with Gasteiger partial charge in [-0.15, -0.1) is 0 Å². The maximum Gasteiger partial charge on any atom is 0.340 e. The molecule has 1 aromatic carbocycles. The average Bonchev–Trinajstić information content (AvgIpc) is 2.82. The standard InChI is InChI=1S/C12H10N4O2/c17-12-14-10(15-16-12)7-18-9-5-1-3-8-4-2-6-13-11(8)9/h1-6H,7H2,(H2,14,15,16,17). The predicted molar refractivity (Wildman–Crippen MR) is 65.3 cm³/mol. The lowest BCUT2D eigenvalue weighted by Gasteiger charge is -2.06. The monoisotopic (exact) mass is 242 g/mol. The van der Waals surface area contributed by atoms with Crippen LogP contribution in [0.5, 0.6) is 5.75 Å². The van der Waals surface area contributed by atoms with Crippen LogP contribution < -0.4 is 10.4 Å². The molecule has 0 spiro atoms. The van der Waals surface area contributed by atoms with Gasteiger partial charge in [0.1, 0.15) is 17.9 Å². The molecule has 0 aliphatic rings. The number of para-hydroxylation sites is 1. The highest BCUT2D eigenvalue weighted by atomic mass is 16.5. The van der Waals surface area contributed by atoms with Gasteiger partial charge in [-0.3, -0.25) is 9.97 Å². The highest BCUT2D eigenvalue weighted by Gasteiger charge is 2.04. The number of pyridine rings is 1. The number of aromatic nitrogens is 4. The van der Waals surface area contributed by atoms with Crippen LogP contribution in [0.4, 0.5) is 0 Å². The summed E-state index contributed by atoms with van der Waals surface area (Å²) in [7, 11) is 0. The van der Waals surface area contributed by atoms with Gasteiger partial charge < -0.3 is 4.74 Å². The van der Waals surface area contributed by atoms with Gasteiger partial charge in [-0.05, 0) is 12.1 Å². The van der Waals surface area contributed by atoms with E-state index in [-0.39, 0.29) is 12.3 Å². The fourth-order valence-corrected chi connectivity index (χ4v) is 1.71. The van der Waals surface area contributed by atoms with Crippen molar-refractivity contribution in [3.8, 4) is 5.75 Å². The molecule has 6 nitrogen and oxygen atoms in total. The molecule has 0 atom stereocenters. The fraction of sp³-hybridized carbons (Fsp3) is 0.0833. The van der Waals surface area contributed by atoms with E-state index >= 15 is 0 Å². The summed E-state index contributed by atoms with van der Waals surface area (Å²) in [6.07, 6.45) is 1.71. The van der Waals surface area contributed by atoms with E-state index in [0.29, 0.717) is 11.6 Å². The van der Waals surface area contributed by atoms with Crippen molar-refractivity contribution in [2.24, 2.45) is 0 Å². The molecule has 0 saturated heterocycles. The Morgan fingerprint density at radius 2 is 2.11 bits per heavy atom. The van der Waals surface area contributed by atoms with Crippen LogP contribution in [0, 0.1) is 0 Å². The van der Waals surface area contributed by atoms with Crippen LogP contribution in [-0.2, 0) is 6.61 Å². The van der Waals surface area contributed by atoms with Crippen molar-refractivity contribution in [1.82, 2.24) is 20.2 Å². The fourth-order valence-electron chi connectivity index (χ4n) is 1.71. The topological polar surface area (TPSA) is 83.7 Å². The van der Waals surface area contributed by atoms with Gasteiger partial charge in [0, 0.05) is 11.6 Å². The van der Waals surface area contributed by atoms with E-state index in [2.05, 4.69) is 20.2 Å². The van der Waals surface area contributed by atoms with E-state index in [4.69, 9.17) is 4.74 Å². The minimum Gasteiger partial charge on any atom is -0.483 e. The maximum atomic E-state index is 10.9. The van der Waals surface area contributed by atoms with Gasteiger partial charge in [-0.2, -0.15) is 5.10 Å². The molecule has 0 radical (unpaired) electrons. The minimum atomic E-state index is -0.343. The molecule has 0 unspecified atom stereocenters. The number of nitrogens with one attached hydrogen (secondary N) is 2. The molecule has 0 fully saturated rings. The SMILES string of the molecule is O=c1[nH]nc(COc2cccc3cccnc23)[nH]1. The third-order valence-corrected chi connectivity index (χ3v) is 2.51. The highest BCUT2D eigenvalue weighted by molar-refractivity contribution is 5.84.